The Kier molecular flexibility index (Phi) is 4.15. The zero-order valence-corrected chi connectivity index (χ0v) is 12.5. The molecule has 0 fully saturated rings. The fraction of sp³-hybridized carbons (Fsp3) is 0.0769. The average molecular weight is 331 g/mol. The lowest BCUT2D eigenvalue weighted by Gasteiger charge is -1.97. The van der Waals surface area contributed by atoms with Crippen LogP contribution in [-0.4, -0.2) is 31.8 Å². The van der Waals surface area contributed by atoms with Crippen LogP contribution in [0.25, 0.3) is 5.69 Å². The monoisotopic (exact) mass is 331 g/mol. The second-order valence-corrected chi connectivity index (χ2v) is 5.28. The summed E-state index contributed by atoms with van der Waals surface area (Å²) in [6.45, 7) is 0. The summed E-state index contributed by atoms with van der Waals surface area (Å²) in [4.78, 5) is 35.6. The van der Waals surface area contributed by atoms with Crippen LogP contribution in [0.4, 0.5) is 5.95 Å². The smallest absolute Gasteiger partial charge is 0.368 e. The lowest BCUT2D eigenvalue weighted by molar-refractivity contribution is -0.672. The third-order valence-electron chi connectivity index (χ3n) is 2.83. The summed E-state index contributed by atoms with van der Waals surface area (Å²) in [7, 11) is 0. The largest absolute Gasteiger partial charge is 0.438 e. The normalized spacial score (nSPS) is 10.6. The summed E-state index contributed by atoms with van der Waals surface area (Å²) in [5.74, 6) is -0.401. The van der Waals surface area contributed by atoms with Crippen molar-refractivity contribution in [2.75, 3.05) is 11.5 Å². The van der Waals surface area contributed by atoms with Gasteiger partial charge in [-0.1, -0.05) is 30.0 Å². The highest BCUT2D eigenvalue weighted by Crippen LogP contribution is 2.13. The van der Waals surface area contributed by atoms with Gasteiger partial charge >= 0.3 is 11.3 Å². The lowest BCUT2D eigenvalue weighted by Crippen LogP contribution is -2.41. The zero-order chi connectivity index (χ0) is 16.2. The first kappa shape index (κ1) is 14.9. The highest BCUT2D eigenvalue weighted by molar-refractivity contribution is 7.99. The summed E-state index contributed by atoms with van der Waals surface area (Å²) >= 11 is 1.05. The molecule has 116 valence electrons. The molecule has 0 radical (unpaired) electrons. The topological polar surface area (TPSA) is 132 Å². The highest BCUT2D eigenvalue weighted by atomic mass is 32.2. The van der Waals surface area contributed by atoms with Gasteiger partial charge in [-0.2, -0.15) is 4.98 Å². The van der Waals surface area contributed by atoms with Gasteiger partial charge in [0.05, 0.1) is 5.75 Å². The second kappa shape index (κ2) is 6.40. The Balaban J connectivity index is 1.83. The van der Waals surface area contributed by atoms with E-state index in [1.54, 1.807) is 24.3 Å². The van der Waals surface area contributed by atoms with Crippen LogP contribution in [0.15, 0.2) is 51.1 Å². The molecule has 2 aromatic heterocycles. The van der Waals surface area contributed by atoms with E-state index in [1.165, 1.54) is 11.0 Å². The number of carbonyl (C=O) groups is 1. The summed E-state index contributed by atoms with van der Waals surface area (Å²) in [5, 5.41) is 2.72. The molecule has 3 aromatic rings. The predicted octanol–water partition coefficient (Wildman–Crippen LogP) is -0.0132. The summed E-state index contributed by atoms with van der Waals surface area (Å²) in [6.07, 6.45) is 1.25. The van der Waals surface area contributed by atoms with E-state index in [2.05, 4.69) is 20.2 Å². The zero-order valence-electron chi connectivity index (χ0n) is 11.7. The number of H-pyrrole nitrogens is 1. The van der Waals surface area contributed by atoms with E-state index in [9.17, 15) is 9.59 Å². The molecule has 0 aliphatic heterocycles. The van der Waals surface area contributed by atoms with Gasteiger partial charge in [-0.05, 0) is 9.95 Å². The van der Waals surface area contributed by atoms with Gasteiger partial charge in [0.1, 0.15) is 6.33 Å². The van der Waals surface area contributed by atoms with E-state index < -0.39 is 11.4 Å². The van der Waals surface area contributed by atoms with Crippen molar-refractivity contribution in [1.29, 1.82) is 0 Å². The van der Waals surface area contributed by atoms with Gasteiger partial charge < -0.3 is 5.73 Å². The SMILES string of the molecule is Nc1ncnc(SCC(=O)c2c(=O)o[nH][n+]2-c2ccccc2)n1. The quantitative estimate of drug-likeness (QED) is 0.379. The molecule has 3 rings (SSSR count). The van der Waals surface area contributed by atoms with Gasteiger partial charge in [0.25, 0.3) is 0 Å². The number of anilines is 1. The van der Waals surface area contributed by atoms with Crippen LogP contribution < -0.4 is 16.0 Å². The lowest BCUT2D eigenvalue weighted by atomic mass is 10.3. The molecule has 0 spiro atoms. The van der Waals surface area contributed by atoms with Crippen LogP contribution in [-0.2, 0) is 0 Å². The van der Waals surface area contributed by atoms with E-state index in [4.69, 9.17) is 10.3 Å². The number of rotatable bonds is 5. The summed E-state index contributed by atoms with van der Waals surface area (Å²) in [6, 6.07) is 8.86. The van der Waals surface area contributed by atoms with E-state index in [1.807, 2.05) is 6.07 Å². The van der Waals surface area contributed by atoms with Crippen molar-refractivity contribution in [1.82, 2.24) is 20.2 Å². The van der Waals surface area contributed by atoms with Crippen LogP contribution in [0.2, 0.25) is 0 Å². The van der Waals surface area contributed by atoms with Gasteiger partial charge in [-0.25, -0.2) is 14.8 Å². The van der Waals surface area contributed by atoms with Gasteiger partial charge in [-0.15, -0.1) is 0 Å². The third-order valence-corrected chi connectivity index (χ3v) is 3.69. The van der Waals surface area contributed by atoms with Crippen molar-refractivity contribution >= 4 is 23.5 Å². The number of nitrogens with zero attached hydrogens (tertiary/aromatic N) is 4. The van der Waals surface area contributed by atoms with Crippen LogP contribution >= 0.6 is 11.8 Å². The first-order valence-electron chi connectivity index (χ1n) is 6.44. The molecular formula is C13H11N6O3S+. The maximum atomic E-state index is 12.4. The van der Waals surface area contributed by atoms with Crippen molar-refractivity contribution in [2.45, 2.75) is 5.16 Å². The van der Waals surface area contributed by atoms with Gasteiger partial charge in [0, 0.05) is 12.1 Å². The van der Waals surface area contributed by atoms with E-state index in [-0.39, 0.29) is 17.4 Å². The van der Waals surface area contributed by atoms with Crippen molar-refractivity contribution in [3.05, 3.63) is 52.8 Å². The molecule has 2 heterocycles. The number of thioether (sulfide) groups is 1. The van der Waals surface area contributed by atoms with Crippen LogP contribution in [0, 0.1) is 0 Å². The van der Waals surface area contributed by atoms with Crippen LogP contribution in [0.5, 0.6) is 0 Å². The molecule has 23 heavy (non-hydrogen) atoms. The predicted molar refractivity (Wildman–Crippen MR) is 80.2 cm³/mol. The molecular weight excluding hydrogens is 320 g/mol. The number of Topliss-reactive ketones (excluding diaryl/α,β-unsaturated/α-hetero) is 1. The Labute approximate surface area is 133 Å². The van der Waals surface area contributed by atoms with Gasteiger partial charge in [0.2, 0.25) is 17.4 Å². The minimum atomic E-state index is -0.741. The highest BCUT2D eigenvalue weighted by Gasteiger charge is 2.30. The number of aromatic amines is 1. The van der Waals surface area contributed by atoms with Crippen LogP contribution in [0.3, 0.4) is 0 Å². The Morgan fingerprint density at radius 1 is 1.30 bits per heavy atom. The number of nitrogen functional groups attached to an aromatic ring is 1. The second-order valence-electron chi connectivity index (χ2n) is 4.34. The molecule has 0 atom stereocenters. The first-order valence-corrected chi connectivity index (χ1v) is 7.43. The number of ketones is 1. The molecule has 0 aliphatic rings. The third kappa shape index (κ3) is 3.26. The fourth-order valence-electron chi connectivity index (χ4n) is 1.83. The number of nitrogens with two attached hydrogens (primary N) is 1. The number of aromatic nitrogens is 5. The Bertz CT molecular complexity index is 892. The molecule has 0 amide bonds. The van der Waals surface area contributed by atoms with Crippen molar-refractivity contribution in [2.24, 2.45) is 0 Å². The van der Waals surface area contributed by atoms with Crippen molar-refractivity contribution < 1.29 is 14.0 Å². The number of hydrogen-bond acceptors (Lipinski definition) is 8. The molecule has 1 aromatic carbocycles. The van der Waals surface area contributed by atoms with Gasteiger partial charge in [-0.3, -0.25) is 9.32 Å². The molecule has 0 aliphatic carbocycles. The standard InChI is InChI=1S/C13H10N6O3S/c14-12-15-7-16-13(17-12)23-6-9(20)10-11(21)22-18-19(10)8-4-2-1-3-5-8/h1-5,7H,6H2,(H2-,14,15,16,17,18,20,21)/p+1. The maximum absolute atomic E-state index is 12.4. The number of nitrogens with one attached hydrogen (secondary N) is 1. The van der Waals surface area contributed by atoms with E-state index in [0.717, 1.165) is 11.8 Å². The van der Waals surface area contributed by atoms with Gasteiger partial charge in [0.15, 0.2) is 5.16 Å². The molecule has 0 bridgehead atoms. The van der Waals surface area contributed by atoms with Crippen molar-refractivity contribution in [3.8, 4) is 5.69 Å². The number of hydrogen-bond donors (Lipinski definition) is 2. The molecule has 0 saturated heterocycles. The Morgan fingerprint density at radius 3 is 2.83 bits per heavy atom. The number of carbonyl (C=O) groups excluding carboxylic acids is 1. The maximum Gasteiger partial charge on any atom is 0.438 e. The van der Waals surface area contributed by atoms with E-state index in [0.29, 0.717) is 10.8 Å². The number of para-hydroxylation sites is 1. The fourth-order valence-corrected chi connectivity index (χ4v) is 2.51. The summed E-state index contributed by atoms with van der Waals surface area (Å²) in [5.41, 5.74) is 5.21. The minimum Gasteiger partial charge on any atom is -0.368 e. The first-order chi connectivity index (χ1) is 11.1. The Hall–Kier alpha value is -3.01. The molecule has 10 heteroatoms. The van der Waals surface area contributed by atoms with Crippen LogP contribution in [0.1, 0.15) is 10.5 Å². The molecule has 0 saturated carbocycles. The molecule has 9 nitrogen and oxygen atoms in total. The number of benzene rings is 1. The molecule has 3 N–H and O–H groups in total. The van der Waals surface area contributed by atoms with Crippen molar-refractivity contribution in [3.63, 3.8) is 0 Å². The Morgan fingerprint density at radius 2 is 2.09 bits per heavy atom. The average Bonchev–Trinajstić information content (AvgIpc) is 2.95. The summed E-state index contributed by atoms with van der Waals surface area (Å²) < 4.78 is 6.03. The van der Waals surface area contributed by atoms with E-state index >= 15 is 0 Å². The molecule has 0 unspecified atom stereocenters. The minimum absolute atomic E-state index is 0.0428.